The molecule has 0 rings (SSSR count). The van der Waals surface area contributed by atoms with Crippen LogP contribution in [-0.2, 0) is 10.2 Å². The van der Waals surface area contributed by atoms with Crippen molar-refractivity contribution in [3.8, 4) is 6.07 Å². The minimum atomic E-state index is -3.56. The van der Waals surface area contributed by atoms with Crippen LogP contribution < -0.4 is 9.86 Å². The Balaban J connectivity index is 3.32. The third-order valence-corrected chi connectivity index (χ3v) is 1.38. The lowest BCUT2D eigenvalue weighted by molar-refractivity contribution is 0.581. The Labute approximate surface area is 60.0 Å². The van der Waals surface area contributed by atoms with E-state index in [2.05, 4.69) is 9.86 Å². The second-order valence-corrected chi connectivity index (χ2v) is 3.08. The van der Waals surface area contributed by atoms with E-state index in [1.54, 1.807) is 0 Å². The predicted molar refractivity (Wildman–Crippen MR) is 36.0 cm³/mol. The number of unbranched alkanes of at least 4 members (excludes halogenated alkanes) is 1. The number of hydrogen-bond donors (Lipinski definition) is 2. The highest BCUT2D eigenvalue weighted by Gasteiger charge is 1.97. The topological polar surface area (TPSA) is 96.0 Å². The molecule has 0 radical (unpaired) electrons. The first kappa shape index (κ1) is 9.36. The number of rotatable bonds is 4. The Morgan fingerprint density at radius 1 is 1.60 bits per heavy atom. The molecule has 0 aromatic heterocycles. The molecule has 10 heavy (non-hydrogen) atoms. The predicted octanol–water partition coefficient (Wildman–Crippen LogP) is -0.917. The summed E-state index contributed by atoms with van der Waals surface area (Å²) in [6, 6.07) is 1.88. The first-order valence-electron chi connectivity index (χ1n) is 2.70. The number of nitriles is 1. The molecule has 0 aliphatic carbocycles. The van der Waals surface area contributed by atoms with Crippen LogP contribution in [0.25, 0.3) is 0 Å². The fraction of sp³-hybridized carbons (Fsp3) is 0.750. The van der Waals surface area contributed by atoms with Crippen molar-refractivity contribution in [1.82, 2.24) is 4.72 Å². The van der Waals surface area contributed by atoms with Gasteiger partial charge in [0.05, 0.1) is 6.07 Å². The third kappa shape index (κ3) is 7.36. The Hall–Kier alpha value is -0.640. The van der Waals surface area contributed by atoms with E-state index in [4.69, 9.17) is 5.26 Å². The summed E-state index contributed by atoms with van der Waals surface area (Å²) in [6.07, 6.45) is 0.829. The zero-order valence-electron chi connectivity index (χ0n) is 5.37. The third-order valence-electron chi connectivity index (χ3n) is 0.769. The van der Waals surface area contributed by atoms with Gasteiger partial charge in [0.1, 0.15) is 0 Å². The SMILES string of the molecule is N#CCCCNS(N)(=O)=O. The molecule has 0 aliphatic heterocycles. The van der Waals surface area contributed by atoms with E-state index < -0.39 is 10.2 Å². The van der Waals surface area contributed by atoms with Gasteiger partial charge in [-0.15, -0.1) is 0 Å². The molecule has 0 unspecified atom stereocenters. The minimum absolute atomic E-state index is 0.229. The molecule has 0 heterocycles. The molecule has 0 spiro atoms. The quantitative estimate of drug-likeness (QED) is 0.525. The molecule has 0 aliphatic rings. The van der Waals surface area contributed by atoms with Crippen molar-refractivity contribution in [2.45, 2.75) is 12.8 Å². The Morgan fingerprint density at radius 3 is 2.60 bits per heavy atom. The van der Waals surface area contributed by atoms with Gasteiger partial charge in [0, 0.05) is 13.0 Å². The highest BCUT2D eigenvalue weighted by atomic mass is 32.2. The van der Waals surface area contributed by atoms with E-state index in [0.29, 0.717) is 12.8 Å². The van der Waals surface area contributed by atoms with Crippen LogP contribution in [0.4, 0.5) is 0 Å². The molecule has 0 aromatic rings. The van der Waals surface area contributed by atoms with Gasteiger partial charge >= 0.3 is 0 Å². The van der Waals surface area contributed by atoms with Crippen molar-refractivity contribution in [3.63, 3.8) is 0 Å². The summed E-state index contributed by atoms with van der Waals surface area (Å²) < 4.78 is 22.4. The molecule has 0 amide bonds. The van der Waals surface area contributed by atoms with E-state index in [9.17, 15) is 8.42 Å². The molecule has 0 aromatic carbocycles. The number of nitrogens with two attached hydrogens (primary N) is 1. The van der Waals surface area contributed by atoms with Crippen LogP contribution in [-0.4, -0.2) is 15.0 Å². The van der Waals surface area contributed by atoms with Gasteiger partial charge in [-0.05, 0) is 6.42 Å². The van der Waals surface area contributed by atoms with Crippen LogP contribution in [0.2, 0.25) is 0 Å². The lowest BCUT2D eigenvalue weighted by atomic mass is 10.3. The minimum Gasteiger partial charge on any atom is -0.216 e. The van der Waals surface area contributed by atoms with Crippen molar-refractivity contribution in [2.24, 2.45) is 5.14 Å². The van der Waals surface area contributed by atoms with E-state index in [1.165, 1.54) is 0 Å². The fourth-order valence-electron chi connectivity index (χ4n) is 0.382. The van der Waals surface area contributed by atoms with E-state index in [1.807, 2.05) is 6.07 Å². The Kier molecular flexibility index (Phi) is 3.95. The van der Waals surface area contributed by atoms with Crippen molar-refractivity contribution in [3.05, 3.63) is 0 Å². The summed E-state index contributed by atoms with van der Waals surface area (Å²) in [5.41, 5.74) is 0. The molecular weight excluding hydrogens is 154 g/mol. The zero-order valence-corrected chi connectivity index (χ0v) is 6.19. The summed E-state index contributed by atoms with van der Waals surface area (Å²) in [5.74, 6) is 0. The van der Waals surface area contributed by atoms with Crippen molar-refractivity contribution in [1.29, 1.82) is 5.26 Å². The molecule has 0 saturated carbocycles. The molecule has 0 fully saturated rings. The van der Waals surface area contributed by atoms with Gasteiger partial charge in [-0.3, -0.25) is 0 Å². The number of hydrogen-bond acceptors (Lipinski definition) is 3. The molecule has 5 nitrogen and oxygen atoms in total. The molecule has 0 atom stereocenters. The van der Waals surface area contributed by atoms with Crippen LogP contribution in [0.1, 0.15) is 12.8 Å². The van der Waals surface area contributed by atoms with Crippen LogP contribution in [0.5, 0.6) is 0 Å². The first-order valence-corrected chi connectivity index (χ1v) is 4.25. The van der Waals surface area contributed by atoms with E-state index in [0.717, 1.165) is 0 Å². The van der Waals surface area contributed by atoms with Gasteiger partial charge in [0.15, 0.2) is 0 Å². The van der Waals surface area contributed by atoms with Crippen molar-refractivity contribution < 1.29 is 8.42 Å². The smallest absolute Gasteiger partial charge is 0.216 e. The highest BCUT2D eigenvalue weighted by Crippen LogP contribution is 1.82. The van der Waals surface area contributed by atoms with Gasteiger partial charge in [0.2, 0.25) is 0 Å². The maximum Gasteiger partial charge on any atom is 0.274 e. The Morgan fingerprint density at radius 2 is 2.20 bits per heavy atom. The molecule has 3 N–H and O–H groups in total. The monoisotopic (exact) mass is 163 g/mol. The largest absolute Gasteiger partial charge is 0.274 e. The van der Waals surface area contributed by atoms with Crippen LogP contribution >= 0.6 is 0 Å². The summed E-state index contributed by atoms with van der Waals surface area (Å²) in [6.45, 7) is 0.229. The van der Waals surface area contributed by atoms with Gasteiger partial charge in [0.25, 0.3) is 10.2 Å². The van der Waals surface area contributed by atoms with E-state index >= 15 is 0 Å². The highest BCUT2D eigenvalue weighted by molar-refractivity contribution is 7.87. The summed E-state index contributed by atoms with van der Waals surface area (Å²) in [5, 5.41) is 12.6. The summed E-state index contributed by atoms with van der Waals surface area (Å²) in [4.78, 5) is 0. The Bertz CT molecular complexity index is 215. The normalized spacial score (nSPS) is 10.8. The number of nitrogens with zero attached hydrogens (tertiary/aromatic N) is 1. The van der Waals surface area contributed by atoms with Gasteiger partial charge in [-0.1, -0.05) is 0 Å². The standard InChI is InChI=1S/C4H9N3O2S/c5-3-1-2-4-7-10(6,8)9/h7H,1-2,4H2,(H2,6,8,9). The summed E-state index contributed by atoms with van der Waals surface area (Å²) >= 11 is 0. The average molecular weight is 163 g/mol. The summed E-state index contributed by atoms with van der Waals surface area (Å²) in [7, 11) is -3.56. The molecule has 58 valence electrons. The maximum atomic E-state index is 10.2. The molecular formula is C4H9N3O2S. The number of nitrogens with one attached hydrogen (secondary N) is 1. The van der Waals surface area contributed by atoms with Crippen molar-refractivity contribution in [2.75, 3.05) is 6.54 Å². The molecule has 6 heteroatoms. The van der Waals surface area contributed by atoms with Gasteiger partial charge in [-0.25, -0.2) is 9.86 Å². The lowest BCUT2D eigenvalue weighted by Gasteiger charge is -1.96. The van der Waals surface area contributed by atoms with Gasteiger partial charge in [-0.2, -0.15) is 13.7 Å². The maximum absolute atomic E-state index is 10.2. The second kappa shape index (κ2) is 4.22. The van der Waals surface area contributed by atoms with Crippen molar-refractivity contribution >= 4 is 10.2 Å². The second-order valence-electron chi connectivity index (χ2n) is 1.70. The van der Waals surface area contributed by atoms with Crippen LogP contribution in [0.3, 0.4) is 0 Å². The average Bonchev–Trinajstić information content (AvgIpc) is 1.78. The lowest BCUT2D eigenvalue weighted by Crippen LogP contribution is -2.31. The van der Waals surface area contributed by atoms with Crippen LogP contribution in [0.15, 0.2) is 0 Å². The fourth-order valence-corrected chi connectivity index (χ4v) is 0.811. The van der Waals surface area contributed by atoms with E-state index in [-0.39, 0.29) is 6.54 Å². The van der Waals surface area contributed by atoms with Crippen LogP contribution in [0, 0.1) is 11.3 Å². The molecule has 0 bridgehead atoms. The molecule has 0 saturated heterocycles. The van der Waals surface area contributed by atoms with Gasteiger partial charge < -0.3 is 0 Å². The zero-order chi connectivity index (χ0) is 8.04. The first-order chi connectivity index (χ1) is 4.56.